The van der Waals surface area contributed by atoms with Crippen LogP contribution in [0.3, 0.4) is 0 Å². The van der Waals surface area contributed by atoms with Crippen molar-refractivity contribution in [1.29, 1.82) is 0 Å². The zero-order valence-corrected chi connectivity index (χ0v) is 5.89. The molecule has 0 radical (unpaired) electrons. The molecule has 0 aromatic heterocycles. The molecule has 52 valence electrons. The summed E-state index contributed by atoms with van der Waals surface area (Å²) in [6, 6.07) is 0. The zero-order chi connectivity index (χ0) is 7.28. The summed E-state index contributed by atoms with van der Waals surface area (Å²) in [6.45, 7) is 5.94. The molecule has 2 heteroatoms. The van der Waals surface area contributed by atoms with Crippen LogP contribution in [0.5, 0.6) is 0 Å². The molecule has 0 atom stereocenters. The Kier molecular flexibility index (Phi) is 3.76. The Morgan fingerprint density at radius 1 is 1.78 bits per heavy atom. The van der Waals surface area contributed by atoms with Crippen LogP contribution in [0.2, 0.25) is 0 Å². The van der Waals surface area contributed by atoms with Gasteiger partial charge in [0.25, 0.3) is 0 Å². The maximum atomic E-state index is 12.5. The maximum absolute atomic E-state index is 12.5. The number of hydrogen-bond donors (Lipinski definition) is 0. The van der Waals surface area contributed by atoms with Crippen LogP contribution in [0.4, 0.5) is 4.39 Å². The van der Waals surface area contributed by atoms with Gasteiger partial charge < -0.3 is 4.90 Å². The van der Waals surface area contributed by atoms with Crippen LogP contribution in [-0.2, 0) is 0 Å². The molecule has 0 aromatic rings. The lowest BCUT2D eigenvalue weighted by Crippen LogP contribution is -2.13. The molecule has 0 unspecified atom stereocenters. The van der Waals surface area contributed by atoms with Crippen molar-refractivity contribution in [3.05, 3.63) is 24.7 Å². The highest BCUT2D eigenvalue weighted by atomic mass is 19.1. The highest BCUT2D eigenvalue weighted by Crippen LogP contribution is 2.00. The summed E-state index contributed by atoms with van der Waals surface area (Å²) >= 11 is 0. The first-order valence-corrected chi connectivity index (χ1v) is 2.91. The van der Waals surface area contributed by atoms with Crippen molar-refractivity contribution in [1.82, 2.24) is 4.90 Å². The van der Waals surface area contributed by atoms with E-state index >= 15 is 0 Å². The van der Waals surface area contributed by atoms with Gasteiger partial charge in [0.15, 0.2) is 5.95 Å². The molecule has 9 heavy (non-hydrogen) atoms. The fraction of sp³-hybridized carbons (Fsp3) is 0.429. The molecule has 0 aliphatic rings. The summed E-state index contributed by atoms with van der Waals surface area (Å²) < 4.78 is 12.5. The average molecular weight is 129 g/mol. The van der Waals surface area contributed by atoms with Gasteiger partial charge in [-0.3, -0.25) is 0 Å². The van der Waals surface area contributed by atoms with E-state index < -0.39 is 0 Å². The summed E-state index contributed by atoms with van der Waals surface area (Å²) in [6.07, 6.45) is 2.77. The third-order valence-electron chi connectivity index (χ3n) is 1.09. The van der Waals surface area contributed by atoms with Gasteiger partial charge >= 0.3 is 0 Å². The summed E-state index contributed by atoms with van der Waals surface area (Å²) in [7, 11) is 1.69. The van der Waals surface area contributed by atoms with E-state index in [9.17, 15) is 4.39 Å². The average Bonchev–Trinajstić information content (AvgIpc) is 1.87. The SMILES string of the molecule is C=C/C=C(/F)N(C)CC. The van der Waals surface area contributed by atoms with E-state index in [1.54, 1.807) is 7.05 Å². The predicted molar refractivity (Wildman–Crippen MR) is 37.7 cm³/mol. The molecule has 0 spiro atoms. The summed E-state index contributed by atoms with van der Waals surface area (Å²) in [5.41, 5.74) is 0. The third kappa shape index (κ3) is 2.90. The standard InChI is InChI=1S/C7H12FN/c1-4-6-7(8)9(3)5-2/h4,6H,1,5H2,2-3H3/b7-6-. The Morgan fingerprint density at radius 2 is 2.33 bits per heavy atom. The number of halogens is 1. The molecule has 0 bridgehead atoms. The zero-order valence-electron chi connectivity index (χ0n) is 5.89. The van der Waals surface area contributed by atoms with E-state index in [0.717, 1.165) is 0 Å². The molecule has 0 amide bonds. The minimum Gasteiger partial charge on any atom is -0.352 e. The largest absolute Gasteiger partial charge is 0.352 e. The van der Waals surface area contributed by atoms with Gasteiger partial charge in [0.1, 0.15) is 0 Å². The van der Waals surface area contributed by atoms with Gasteiger partial charge in [0.2, 0.25) is 0 Å². The number of hydrogen-bond acceptors (Lipinski definition) is 1. The monoisotopic (exact) mass is 129 g/mol. The van der Waals surface area contributed by atoms with Gasteiger partial charge in [-0.05, 0) is 13.0 Å². The first kappa shape index (κ1) is 8.21. The van der Waals surface area contributed by atoms with E-state index in [1.807, 2.05) is 6.92 Å². The van der Waals surface area contributed by atoms with Crippen LogP contribution in [0.15, 0.2) is 24.7 Å². The molecular weight excluding hydrogens is 117 g/mol. The van der Waals surface area contributed by atoms with Crippen molar-refractivity contribution in [3.63, 3.8) is 0 Å². The van der Waals surface area contributed by atoms with Gasteiger partial charge in [-0.1, -0.05) is 12.7 Å². The summed E-state index contributed by atoms with van der Waals surface area (Å²) in [4.78, 5) is 1.50. The van der Waals surface area contributed by atoms with Gasteiger partial charge in [-0.15, -0.1) is 0 Å². The lowest BCUT2D eigenvalue weighted by molar-refractivity contribution is 0.334. The molecule has 0 aromatic carbocycles. The fourth-order valence-corrected chi connectivity index (χ4v) is 0.376. The summed E-state index contributed by atoms with van der Waals surface area (Å²) in [5, 5.41) is 0. The second kappa shape index (κ2) is 4.13. The predicted octanol–water partition coefficient (Wildman–Crippen LogP) is 1.93. The molecule has 0 fully saturated rings. The molecule has 0 saturated heterocycles. The Morgan fingerprint density at radius 3 is 2.67 bits per heavy atom. The Balaban J connectivity index is 3.84. The molecule has 1 nitrogen and oxygen atoms in total. The van der Waals surface area contributed by atoms with Crippen molar-refractivity contribution in [2.24, 2.45) is 0 Å². The third-order valence-corrected chi connectivity index (χ3v) is 1.09. The van der Waals surface area contributed by atoms with Gasteiger partial charge in [0, 0.05) is 13.6 Å². The highest BCUT2D eigenvalue weighted by Gasteiger charge is 1.95. The number of nitrogens with zero attached hydrogens (tertiary/aromatic N) is 1. The van der Waals surface area contributed by atoms with E-state index in [-0.39, 0.29) is 5.95 Å². The van der Waals surface area contributed by atoms with Crippen LogP contribution in [0.25, 0.3) is 0 Å². The molecule has 0 N–H and O–H groups in total. The van der Waals surface area contributed by atoms with Gasteiger partial charge in [0.05, 0.1) is 0 Å². The molecular formula is C7H12FN. The second-order valence-corrected chi connectivity index (χ2v) is 1.74. The Labute approximate surface area is 55.5 Å². The molecule has 0 rings (SSSR count). The lowest BCUT2D eigenvalue weighted by Gasteiger charge is -2.11. The van der Waals surface area contributed by atoms with Crippen LogP contribution in [0.1, 0.15) is 6.92 Å². The first-order chi connectivity index (χ1) is 4.22. The minimum atomic E-state index is -0.243. The van der Waals surface area contributed by atoms with Crippen molar-refractivity contribution >= 4 is 0 Å². The van der Waals surface area contributed by atoms with Crippen LogP contribution in [-0.4, -0.2) is 18.5 Å². The second-order valence-electron chi connectivity index (χ2n) is 1.74. The van der Waals surface area contributed by atoms with E-state index in [1.165, 1.54) is 17.1 Å². The topological polar surface area (TPSA) is 3.24 Å². The Hall–Kier alpha value is -0.790. The van der Waals surface area contributed by atoms with Crippen molar-refractivity contribution in [2.75, 3.05) is 13.6 Å². The van der Waals surface area contributed by atoms with Gasteiger partial charge in [-0.25, -0.2) is 0 Å². The quantitative estimate of drug-likeness (QED) is 0.415. The molecule has 0 aliphatic carbocycles. The summed E-state index contributed by atoms with van der Waals surface area (Å²) in [5.74, 6) is -0.243. The van der Waals surface area contributed by atoms with E-state index in [0.29, 0.717) is 6.54 Å². The number of allylic oxidation sites excluding steroid dienone is 2. The fourth-order valence-electron chi connectivity index (χ4n) is 0.376. The maximum Gasteiger partial charge on any atom is 0.189 e. The van der Waals surface area contributed by atoms with Crippen molar-refractivity contribution in [2.45, 2.75) is 6.92 Å². The van der Waals surface area contributed by atoms with E-state index in [2.05, 4.69) is 6.58 Å². The number of rotatable bonds is 3. The van der Waals surface area contributed by atoms with Crippen molar-refractivity contribution < 1.29 is 4.39 Å². The Bertz CT molecular complexity index is 118. The lowest BCUT2D eigenvalue weighted by atomic mass is 10.5. The smallest absolute Gasteiger partial charge is 0.189 e. The normalized spacial score (nSPS) is 11.2. The minimum absolute atomic E-state index is 0.243. The highest BCUT2D eigenvalue weighted by molar-refractivity contribution is 5.01. The van der Waals surface area contributed by atoms with Crippen molar-refractivity contribution in [3.8, 4) is 0 Å². The van der Waals surface area contributed by atoms with E-state index in [4.69, 9.17) is 0 Å². The molecule has 0 saturated carbocycles. The van der Waals surface area contributed by atoms with Gasteiger partial charge in [-0.2, -0.15) is 4.39 Å². The molecule has 0 heterocycles. The van der Waals surface area contributed by atoms with Crippen LogP contribution < -0.4 is 0 Å². The van der Waals surface area contributed by atoms with Crippen LogP contribution in [0, 0.1) is 0 Å². The first-order valence-electron chi connectivity index (χ1n) is 2.91. The van der Waals surface area contributed by atoms with Crippen LogP contribution >= 0.6 is 0 Å². The molecule has 0 aliphatic heterocycles.